The van der Waals surface area contributed by atoms with E-state index in [1.165, 1.54) is 16.6 Å². The predicted octanol–water partition coefficient (Wildman–Crippen LogP) is 3.11. The lowest BCUT2D eigenvalue weighted by molar-refractivity contribution is -0.118. The van der Waals surface area contributed by atoms with E-state index in [1.54, 1.807) is 23.7 Å². The van der Waals surface area contributed by atoms with Gasteiger partial charge in [0.15, 0.2) is 11.0 Å². The Kier molecular flexibility index (Phi) is 5.37. The van der Waals surface area contributed by atoms with Crippen LogP contribution in [0.2, 0.25) is 0 Å². The van der Waals surface area contributed by atoms with Crippen molar-refractivity contribution < 1.29 is 9.21 Å². The zero-order valence-corrected chi connectivity index (χ0v) is 15.1. The van der Waals surface area contributed by atoms with E-state index < -0.39 is 0 Å². The summed E-state index contributed by atoms with van der Waals surface area (Å²) < 4.78 is 7.10. The van der Waals surface area contributed by atoms with Gasteiger partial charge in [0.1, 0.15) is 5.76 Å². The molecule has 0 bridgehead atoms. The van der Waals surface area contributed by atoms with Gasteiger partial charge in [-0.1, -0.05) is 18.7 Å². The molecule has 126 valence electrons. The number of carbonyl (C=O) groups excluding carboxylic acids is 1. The molecule has 6 nitrogen and oxygen atoms in total. The number of nitrogens with zero attached hydrogens (tertiary/aromatic N) is 3. The fourth-order valence-corrected chi connectivity index (χ4v) is 3.71. The summed E-state index contributed by atoms with van der Waals surface area (Å²) in [5, 5.41) is 14.1. The third-order valence-corrected chi connectivity index (χ3v) is 5.57. The molecule has 0 radical (unpaired) electrons. The molecular formula is C16H18N4O2S2. The highest BCUT2D eigenvalue weighted by atomic mass is 32.2. The second kappa shape index (κ2) is 7.67. The van der Waals surface area contributed by atoms with Gasteiger partial charge in [0.2, 0.25) is 5.91 Å². The first-order valence-corrected chi connectivity index (χ1v) is 9.43. The number of carbonyl (C=O) groups is 1. The maximum atomic E-state index is 11.9. The highest BCUT2D eigenvalue weighted by Gasteiger charge is 2.14. The lowest BCUT2D eigenvalue weighted by atomic mass is 10.2. The van der Waals surface area contributed by atoms with E-state index in [1.807, 2.05) is 17.7 Å². The maximum Gasteiger partial charge on any atom is 0.230 e. The van der Waals surface area contributed by atoms with Crippen LogP contribution in [0, 0.1) is 0 Å². The lowest BCUT2D eigenvalue weighted by Crippen LogP contribution is -2.24. The molecule has 1 N–H and O–H groups in total. The summed E-state index contributed by atoms with van der Waals surface area (Å²) in [4.78, 5) is 13.2. The molecule has 0 spiro atoms. The maximum absolute atomic E-state index is 11.9. The molecule has 0 aliphatic carbocycles. The van der Waals surface area contributed by atoms with E-state index in [9.17, 15) is 4.79 Å². The van der Waals surface area contributed by atoms with Crippen molar-refractivity contribution >= 4 is 29.0 Å². The first-order valence-electron chi connectivity index (χ1n) is 7.56. The molecule has 0 saturated heterocycles. The topological polar surface area (TPSA) is 73.0 Å². The van der Waals surface area contributed by atoms with Crippen LogP contribution in [0.1, 0.15) is 17.6 Å². The number of furan rings is 1. The molecule has 0 aliphatic heterocycles. The molecule has 3 aromatic rings. The number of rotatable bonds is 7. The van der Waals surface area contributed by atoms with Crippen LogP contribution in [0.25, 0.3) is 11.4 Å². The van der Waals surface area contributed by atoms with E-state index in [0.29, 0.717) is 6.54 Å². The summed E-state index contributed by atoms with van der Waals surface area (Å²) in [6.45, 7) is 2.53. The molecular weight excluding hydrogens is 344 g/mol. The van der Waals surface area contributed by atoms with E-state index in [4.69, 9.17) is 4.42 Å². The fraction of sp³-hybridized carbons (Fsp3) is 0.312. The third-order valence-electron chi connectivity index (χ3n) is 3.47. The second-order valence-corrected chi connectivity index (χ2v) is 7.10. The van der Waals surface area contributed by atoms with Crippen LogP contribution < -0.4 is 5.32 Å². The van der Waals surface area contributed by atoms with Crippen LogP contribution in [0.5, 0.6) is 0 Å². The molecule has 3 aromatic heterocycles. The van der Waals surface area contributed by atoms with Gasteiger partial charge in [0.05, 0.1) is 18.6 Å². The molecule has 3 rings (SSSR count). The van der Waals surface area contributed by atoms with Crippen molar-refractivity contribution in [3.05, 3.63) is 40.5 Å². The van der Waals surface area contributed by atoms with Crippen LogP contribution in [0.15, 0.2) is 39.4 Å². The second-order valence-electron chi connectivity index (χ2n) is 5.17. The zero-order chi connectivity index (χ0) is 16.9. The van der Waals surface area contributed by atoms with Gasteiger partial charge in [-0.3, -0.25) is 4.79 Å². The average Bonchev–Trinajstić information content (AvgIpc) is 3.32. The number of aryl methyl sites for hydroxylation is 1. The quantitative estimate of drug-likeness (QED) is 0.654. The minimum absolute atomic E-state index is 0.0650. The molecule has 3 heterocycles. The molecule has 8 heteroatoms. The normalized spacial score (nSPS) is 10.9. The van der Waals surface area contributed by atoms with Crippen molar-refractivity contribution in [1.29, 1.82) is 0 Å². The van der Waals surface area contributed by atoms with Gasteiger partial charge in [-0.05, 0) is 24.6 Å². The minimum Gasteiger partial charge on any atom is -0.467 e. The van der Waals surface area contributed by atoms with Crippen molar-refractivity contribution in [2.45, 2.75) is 25.0 Å². The van der Waals surface area contributed by atoms with Crippen LogP contribution in [0.3, 0.4) is 0 Å². The van der Waals surface area contributed by atoms with Gasteiger partial charge < -0.3 is 14.3 Å². The Morgan fingerprint density at radius 1 is 1.46 bits per heavy atom. The number of thioether (sulfide) groups is 1. The SMILES string of the molecule is CCc1cc(-c2nnc(SCC(=O)NCc3ccco3)n2C)cs1. The van der Waals surface area contributed by atoms with Crippen molar-refractivity contribution in [2.75, 3.05) is 5.75 Å². The first-order chi connectivity index (χ1) is 11.7. The molecule has 0 aromatic carbocycles. The zero-order valence-electron chi connectivity index (χ0n) is 13.5. The summed E-state index contributed by atoms with van der Waals surface area (Å²) >= 11 is 3.10. The van der Waals surface area contributed by atoms with E-state index in [0.717, 1.165) is 28.7 Å². The molecule has 0 fully saturated rings. The number of aromatic nitrogens is 3. The highest BCUT2D eigenvalue weighted by molar-refractivity contribution is 7.99. The van der Waals surface area contributed by atoms with Crippen molar-refractivity contribution in [1.82, 2.24) is 20.1 Å². The lowest BCUT2D eigenvalue weighted by Gasteiger charge is -2.04. The Bertz CT molecular complexity index is 808. The van der Waals surface area contributed by atoms with Gasteiger partial charge in [-0.25, -0.2) is 0 Å². The van der Waals surface area contributed by atoms with E-state index in [2.05, 4.69) is 33.9 Å². The predicted molar refractivity (Wildman–Crippen MR) is 95.0 cm³/mol. The number of nitrogens with one attached hydrogen (secondary N) is 1. The van der Waals surface area contributed by atoms with Crippen molar-refractivity contribution in [2.24, 2.45) is 7.05 Å². The van der Waals surface area contributed by atoms with E-state index >= 15 is 0 Å². The fourth-order valence-electron chi connectivity index (χ4n) is 2.16. The molecule has 0 aliphatic rings. The van der Waals surface area contributed by atoms with Crippen LogP contribution >= 0.6 is 23.1 Å². The van der Waals surface area contributed by atoms with Crippen molar-refractivity contribution in [3.63, 3.8) is 0 Å². The largest absolute Gasteiger partial charge is 0.467 e. The minimum atomic E-state index is -0.0650. The molecule has 24 heavy (non-hydrogen) atoms. The monoisotopic (exact) mass is 362 g/mol. The van der Waals surface area contributed by atoms with Crippen LogP contribution in [0.4, 0.5) is 0 Å². The van der Waals surface area contributed by atoms with Crippen LogP contribution in [-0.4, -0.2) is 26.4 Å². The van der Waals surface area contributed by atoms with E-state index in [-0.39, 0.29) is 11.7 Å². The number of thiophene rings is 1. The summed E-state index contributed by atoms with van der Waals surface area (Å²) in [5.74, 6) is 1.78. The molecule has 0 unspecified atom stereocenters. The Labute approximate surface area is 148 Å². The Morgan fingerprint density at radius 2 is 2.33 bits per heavy atom. The van der Waals surface area contributed by atoms with Gasteiger partial charge in [0, 0.05) is 22.9 Å². The van der Waals surface area contributed by atoms with Gasteiger partial charge in [-0.2, -0.15) is 0 Å². The number of amides is 1. The average molecular weight is 362 g/mol. The van der Waals surface area contributed by atoms with Gasteiger partial charge in [0.25, 0.3) is 0 Å². The molecule has 0 saturated carbocycles. The highest BCUT2D eigenvalue weighted by Crippen LogP contribution is 2.27. The smallest absolute Gasteiger partial charge is 0.230 e. The van der Waals surface area contributed by atoms with Gasteiger partial charge >= 0.3 is 0 Å². The summed E-state index contributed by atoms with van der Waals surface area (Å²) in [6.07, 6.45) is 2.60. The summed E-state index contributed by atoms with van der Waals surface area (Å²) in [5.41, 5.74) is 1.07. The Balaban J connectivity index is 1.56. The number of hydrogen-bond acceptors (Lipinski definition) is 6. The number of hydrogen-bond donors (Lipinski definition) is 1. The molecule has 0 atom stereocenters. The summed E-state index contributed by atoms with van der Waals surface area (Å²) in [6, 6.07) is 5.76. The summed E-state index contributed by atoms with van der Waals surface area (Å²) in [7, 11) is 1.92. The first kappa shape index (κ1) is 16.8. The molecule has 1 amide bonds. The third kappa shape index (κ3) is 3.88. The Hall–Kier alpha value is -2.06. The van der Waals surface area contributed by atoms with Gasteiger partial charge in [-0.15, -0.1) is 21.5 Å². The standard InChI is InChI=1S/C16H18N4O2S2/c1-3-13-7-11(9-23-13)15-18-19-16(20(15)2)24-10-14(21)17-8-12-5-4-6-22-12/h4-7,9H,3,8,10H2,1-2H3,(H,17,21). The van der Waals surface area contributed by atoms with Crippen LogP contribution in [-0.2, 0) is 24.8 Å². The van der Waals surface area contributed by atoms with Crippen molar-refractivity contribution in [3.8, 4) is 11.4 Å². The Morgan fingerprint density at radius 3 is 3.04 bits per heavy atom.